The van der Waals surface area contributed by atoms with Gasteiger partial charge in [0.2, 0.25) is 5.91 Å². The molecule has 2 N–H and O–H groups in total. The summed E-state index contributed by atoms with van der Waals surface area (Å²) in [5.74, 6) is 0.146. The predicted octanol–water partition coefficient (Wildman–Crippen LogP) is 3.06. The van der Waals surface area contributed by atoms with E-state index in [1.54, 1.807) is 4.90 Å². The Bertz CT molecular complexity index is 399. The second-order valence-electron chi connectivity index (χ2n) is 4.88. The van der Waals surface area contributed by atoms with Crippen LogP contribution in [0, 0.1) is 5.41 Å². The highest BCUT2D eigenvalue weighted by molar-refractivity contribution is 5.97. The van der Waals surface area contributed by atoms with Crippen molar-refractivity contribution in [2.24, 2.45) is 5.41 Å². The van der Waals surface area contributed by atoms with Gasteiger partial charge in [0.1, 0.15) is 0 Å². The first kappa shape index (κ1) is 13.6. The van der Waals surface area contributed by atoms with Crippen molar-refractivity contribution >= 4 is 17.3 Å². The fourth-order valence-corrected chi connectivity index (χ4v) is 1.65. The summed E-state index contributed by atoms with van der Waals surface area (Å²) in [4.78, 5) is 14.2. The van der Waals surface area contributed by atoms with Gasteiger partial charge < -0.3 is 10.6 Å². The number of rotatable bonds is 4. The van der Waals surface area contributed by atoms with Crippen LogP contribution in [0.2, 0.25) is 0 Å². The van der Waals surface area contributed by atoms with E-state index in [4.69, 9.17) is 5.73 Å². The Kier molecular flexibility index (Phi) is 4.16. The van der Waals surface area contributed by atoms with Gasteiger partial charge in [0.05, 0.1) is 0 Å². The number of carbonyl (C=O) groups excluding carboxylic acids is 1. The zero-order valence-corrected chi connectivity index (χ0v) is 11.2. The first-order valence-corrected chi connectivity index (χ1v) is 6.10. The fourth-order valence-electron chi connectivity index (χ4n) is 1.65. The molecule has 0 aliphatic heterocycles. The molecule has 1 rings (SSSR count). The molecular formula is C14H22N2O. The van der Waals surface area contributed by atoms with Gasteiger partial charge in [-0.05, 0) is 31.5 Å². The molecule has 0 unspecified atom stereocenters. The van der Waals surface area contributed by atoms with E-state index in [1.807, 2.05) is 52.0 Å². The van der Waals surface area contributed by atoms with Gasteiger partial charge in [-0.1, -0.05) is 26.8 Å². The molecule has 94 valence electrons. The summed E-state index contributed by atoms with van der Waals surface area (Å²) < 4.78 is 0. The van der Waals surface area contributed by atoms with Crippen molar-refractivity contribution in [1.82, 2.24) is 0 Å². The van der Waals surface area contributed by atoms with E-state index in [0.29, 0.717) is 12.2 Å². The van der Waals surface area contributed by atoms with Crippen LogP contribution in [-0.4, -0.2) is 12.5 Å². The summed E-state index contributed by atoms with van der Waals surface area (Å²) >= 11 is 0. The van der Waals surface area contributed by atoms with Crippen LogP contribution in [0.4, 0.5) is 11.4 Å². The Labute approximate surface area is 104 Å². The molecular weight excluding hydrogens is 212 g/mol. The van der Waals surface area contributed by atoms with Crippen molar-refractivity contribution in [2.45, 2.75) is 34.1 Å². The van der Waals surface area contributed by atoms with Gasteiger partial charge in [-0.15, -0.1) is 0 Å². The zero-order chi connectivity index (χ0) is 13.1. The highest BCUT2D eigenvalue weighted by Gasteiger charge is 2.30. The van der Waals surface area contributed by atoms with Gasteiger partial charge in [0, 0.05) is 23.3 Å². The minimum absolute atomic E-state index is 0.146. The molecule has 0 aromatic heterocycles. The van der Waals surface area contributed by atoms with Gasteiger partial charge in [0.15, 0.2) is 0 Å². The molecule has 17 heavy (non-hydrogen) atoms. The third kappa shape index (κ3) is 2.99. The van der Waals surface area contributed by atoms with Crippen molar-refractivity contribution in [3.63, 3.8) is 0 Å². The third-order valence-electron chi connectivity index (χ3n) is 3.21. The molecule has 0 saturated heterocycles. The molecule has 3 nitrogen and oxygen atoms in total. The van der Waals surface area contributed by atoms with Crippen LogP contribution in [0.5, 0.6) is 0 Å². The van der Waals surface area contributed by atoms with E-state index in [2.05, 4.69) is 0 Å². The van der Waals surface area contributed by atoms with Crippen molar-refractivity contribution in [1.29, 1.82) is 0 Å². The number of hydrogen-bond acceptors (Lipinski definition) is 2. The standard InChI is InChI=1S/C14H22N2O/c1-5-14(3,4)13(17)16(6-2)12-9-7-8-11(15)10-12/h7-10H,5-6,15H2,1-4H3. The number of anilines is 2. The normalized spacial score (nSPS) is 11.3. The summed E-state index contributed by atoms with van der Waals surface area (Å²) in [5.41, 5.74) is 6.98. The van der Waals surface area contributed by atoms with Gasteiger partial charge in [-0.25, -0.2) is 0 Å². The van der Waals surface area contributed by atoms with E-state index in [1.165, 1.54) is 0 Å². The Morgan fingerprint density at radius 3 is 2.47 bits per heavy atom. The lowest BCUT2D eigenvalue weighted by molar-refractivity contribution is -0.126. The monoisotopic (exact) mass is 234 g/mol. The zero-order valence-electron chi connectivity index (χ0n) is 11.2. The Morgan fingerprint density at radius 1 is 1.35 bits per heavy atom. The highest BCUT2D eigenvalue weighted by atomic mass is 16.2. The maximum absolute atomic E-state index is 12.4. The minimum atomic E-state index is -0.333. The number of amides is 1. The molecule has 0 aliphatic rings. The van der Waals surface area contributed by atoms with Crippen LogP contribution in [0.25, 0.3) is 0 Å². The maximum atomic E-state index is 12.4. The quantitative estimate of drug-likeness (QED) is 0.814. The largest absolute Gasteiger partial charge is 0.399 e. The lowest BCUT2D eigenvalue weighted by Gasteiger charge is -2.30. The van der Waals surface area contributed by atoms with Gasteiger partial charge in [-0.3, -0.25) is 4.79 Å². The van der Waals surface area contributed by atoms with Gasteiger partial charge in [-0.2, -0.15) is 0 Å². The van der Waals surface area contributed by atoms with Gasteiger partial charge >= 0.3 is 0 Å². The average Bonchev–Trinajstić information content (AvgIpc) is 2.30. The summed E-state index contributed by atoms with van der Waals surface area (Å²) in [7, 11) is 0. The molecule has 0 aliphatic carbocycles. The Morgan fingerprint density at radius 2 is 2.00 bits per heavy atom. The fraction of sp³-hybridized carbons (Fsp3) is 0.500. The van der Waals surface area contributed by atoms with Crippen LogP contribution < -0.4 is 10.6 Å². The van der Waals surface area contributed by atoms with Gasteiger partial charge in [0.25, 0.3) is 0 Å². The molecule has 0 atom stereocenters. The first-order valence-electron chi connectivity index (χ1n) is 6.10. The first-order chi connectivity index (χ1) is 7.92. The third-order valence-corrected chi connectivity index (χ3v) is 3.21. The van der Waals surface area contributed by atoms with Crippen molar-refractivity contribution in [2.75, 3.05) is 17.2 Å². The molecule has 0 radical (unpaired) electrons. The maximum Gasteiger partial charge on any atom is 0.232 e. The predicted molar refractivity (Wildman–Crippen MR) is 73.0 cm³/mol. The van der Waals surface area contributed by atoms with Crippen LogP contribution in [0.15, 0.2) is 24.3 Å². The van der Waals surface area contributed by atoms with Crippen LogP contribution in [-0.2, 0) is 4.79 Å². The summed E-state index contributed by atoms with van der Waals surface area (Å²) in [6.07, 6.45) is 0.824. The Balaban J connectivity index is 3.04. The molecule has 3 heteroatoms. The molecule has 0 fully saturated rings. The lowest BCUT2D eigenvalue weighted by atomic mass is 9.88. The Hall–Kier alpha value is -1.51. The van der Waals surface area contributed by atoms with Crippen molar-refractivity contribution in [3.05, 3.63) is 24.3 Å². The number of benzene rings is 1. The second-order valence-corrected chi connectivity index (χ2v) is 4.88. The molecule has 0 spiro atoms. The molecule has 1 aromatic rings. The SMILES string of the molecule is CCN(C(=O)C(C)(C)CC)c1cccc(N)c1. The minimum Gasteiger partial charge on any atom is -0.399 e. The smallest absolute Gasteiger partial charge is 0.232 e. The van der Waals surface area contributed by atoms with E-state index in [-0.39, 0.29) is 11.3 Å². The molecule has 1 amide bonds. The van der Waals surface area contributed by atoms with Crippen LogP contribution in [0.1, 0.15) is 34.1 Å². The number of carbonyl (C=O) groups is 1. The molecule has 1 aromatic carbocycles. The lowest BCUT2D eigenvalue weighted by Crippen LogP contribution is -2.40. The molecule has 0 heterocycles. The van der Waals surface area contributed by atoms with Crippen molar-refractivity contribution in [3.8, 4) is 0 Å². The van der Waals surface area contributed by atoms with E-state index >= 15 is 0 Å². The van der Waals surface area contributed by atoms with E-state index in [0.717, 1.165) is 12.1 Å². The van der Waals surface area contributed by atoms with Crippen LogP contribution >= 0.6 is 0 Å². The summed E-state index contributed by atoms with van der Waals surface area (Å²) in [6.45, 7) is 8.62. The topological polar surface area (TPSA) is 46.3 Å². The number of hydrogen-bond donors (Lipinski definition) is 1. The van der Waals surface area contributed by atoms with Crippen LogP contribution in [0.3, 0.4) is 0 Å². The number of nitrogen functional groups attached to an aromatic ring is 1. The summed E-state index contributed by atoms with van der Waals surface area (Å²) in [6, 6.07) is 7.46. The van der Waals surface area contributed by atoms with E-state index < -0.39 is 0 Å². The highest BCUT2D eigenvalue weighted by Crippen LogP contribution is 2.27. The number of nitrogens with two attached hydrogens (primary N) is 1. The number of nitrogens with zero attached hydrogens (tertiary/aromatic N) is 1. The summed E-state index contributed by atoms with van der Waals surface area (Å²) in [5, 5.41) is 0. The average molecular weight is 234 g/mol. The molecule has 0 bridgehead atoms. The van der Waals surface area contributed by atoms with E-state index in [9.17, 15) is 4.79 Å². The second kappa shape index (κ2) is 5.21. The molecule has 0 saturated carbocycles. The van der Waals surface area contributed by atoms with Crippen molar-refractivity contribution < 1.29 is 4.79 Å².